The van der Waals surface area contributed by atoms with Crippen molar-refractivity contribution in [1.82, 2.24) is 8.75 Å². The standard InChI is InChI=1S/C12H15N3S/c1-8-3-4-10(5-9(8)2)6-11(13)12-7-14-16-15-12/h3-5,7,11H,6,13H2,1-2H3. The average molecular weight is 233 g/mol. The molecule has 16 heavy (non-hydrogen) atoms. The SMILES string of the molecule is Cc1ccc(CC(N)c2cnsn2)cc1C. The average Bonchev–Trinajstić information content (AvgIpc) is 2.77. The Bertz CT molecular complexity index is 465. The lowest BCUT2D eigenvalue weighted by Gasteiger charge is -2.09. The largest absolute Gasteiger partial charge is 0.322 e. The number of hydrogen-bond donors (Lipinski definition) is 1. The van der Waals surface area contributed by atoms with Gasteiger partial charge in [-0.05, 0) is 37.0 Å². The van der Waals surface area contributed by atoms with E-state index >= 15 is 0 Å². The minimum Gasteiger partial charge on any atom is -0.322 e. The molecule has 1 unspecified atom stereocenters. The maximum atomic E-state index is 6.06. The summed E-state index contributed by atoms with van der Waals surface area (Å²) in [6.07, 6.45) is 2.56. The number of aryl methyl sites for hydroxylation is 2. The van der Waals surface area contributed by atoms with Crippen molar-refractivity contribution in [1.29, 1.82) is 0 Å². The van der Waals surface area contributed by atoms with E-state index in [1.807, 2.05) is 0 Å². The first-order chi connectivity index (χ1) is 7.66. The molecule has 1 heterocycles. The van der Waals surface area contributed by atoms with Gasteiger partial charge in [0.25, 0.3) is 0 Å². The van der Waals surface area contributed by atoms with Gasteiger partial charge in [-0.25, -0.2) is 0 Å². The zero-order valence-electron chi connectivity index (χ0n) is 9.47. The van der Waals surface area contributed by atoms with E-state index in [0.717, 1.165) is 12.1 Å². The van der Waals surface area contributed by atoms with Crippen LogP contribution in [0.4, 0.5) is 0 Å². The fourth-order valence-electron chi connectivity index (χ4n) is 1.62. The predicted molar refractivity (Wildman–Crippen MR) is 66.5 cm³/mol. The Kier molecular flexibility index (Phi) is 3.31. The molecular formula is C12H15N3S. The van der Waals surface area contributed by atoms with E-state index < -0.39 is 0 Å². The van der Waals surface area contributed by atoms with Crippen LogP contribution in [0.15, 0.2) is 24.4 Å². The molecule has 0 saturated heterocycles. The zero-order valence-corrected chi connectivity index (χ0v) is 10.3. The second kappa shape index (κ2) is 4.72. The van der Waals surface area contributed by atoms with E-state index in [0.29, 0.717) is 0 Å². The topological polar surface area (TPSA) is 51.8 Å². The van der Waals surface area contributed by atoms with E-state index in [-0.39, 0.29) is 6.04 Å². The highest BCUT2D eigenvalue weighted by molar-refractivity contribution is 6.99. The number of nitrogens with zero attached hydrogens (tertiary/aromatic N) is 2. The van der Waals surface area contributed by atoms with E-state index in [4.69, 9.17) is 5.73 Å². The number of hydrogen-bond acceptors (Lipinski definition) is 4. The summed E-state index contributed by atoms with van der Waals surface area (Å²) in [6, 6.07) is 6.40. The van der Waals surface area contributed by atoms with Crippen LogP contribution in [-0.2, 0) is 6.42 Å². The van der Waals surface area contributed by atoms with Gasteiger partial charge in [0.1, 0.15) is 0 Å². The van der Waals surface area contributed by atoms with Gasteiger partial charge in [-0.1, -0.05) is 18.2 Å². The summed E-state index contributed by atoms with van der Waals surface area (Å²) in [4.78, 5) is 0. The normalized spacial score (nSPS) is 12.7. The fourth-order valence-corrected chi connectivity index (χ4v) is 2.10. The molecule has 2 N–H and O–H groups in total. The molecule has 3 nitrogen and oxygen atoms in total. The number of nitrogens with two attached hydrogens (primary N) is 1. The minimum absolute atomic E-state index is 0.0548. The maximum Gasteiger partial charge on any atom is 0.0913 e. The first-order valence-electron chi connectivity index (χ1n) is 5.26. The molecule has 1 aromatic heterocycles. The molecule has 0 amide bonds. The summed E-state index contributed by atoms with van der Waals surface area (Å²) < 4.78 is 8.12. The molecule has 1 aromatic carbocycles. The molecule has 0 fully saturated rings. The Balaban J connectivity index is 2.12. The van der Waals surface area contributed by atoms with E-state index in [9.17, 15) is 0 Å². The van der Waals surface area contributed by atoms with Crippen molar-refractivity contribution in [2.24, 2.45) is 5.73 Å². The quantitative estimate of drug-likeness (QED) is 0.885. The van der Waals surface area contributed by atoms with Crippen LogP contribution < -0.4 is 5.73 Å². The molecule has 0 aliphatic heterocycles. The number of benzene rings is 1. The molecule has 0 aliphatic carbocycles. The van der Waals surface area contributed by atoms with Crippen molar-refractivity contribution in [3.63, 3.8) is 0 Å². The second-order valence-corrected chi connectivity index (χ2v) is 4.62. The summed E-state index contributed by atoms with van der Waals surface area (Å²) in [5.74, 6) is 0. The van der Waals surface area contributed by atoms with Gasteiger partial charge in [-0.2, -0.15) is 8.75 Å². The Morgan fingerprint density at radius 1 is 1.31 bits per heavy atom. The smallest absolute Gasteiger partial charge is 0.0913 e. The Labute approximate surface area is 99.6 Å². The lowest BCUT2D eigenvalue weighted by atomic mass is 10.0. The van der Waals surface area contributed by atoms with Gasteiger partial charge in [0.15, 0.2) is 0 Å². The van der Waals surface area contributed by atoms with Gasteiger partial charge in [-0.3, -0.25) is 0 Å². The Morgan fingerprint density at radius 3 is 2.75 bits per heavy atom. The summed E-state index contributed by atoms with van der Waals surface area (Å²) in [5, 5.41) is 0. The highest BCUT2D eigenvalue weighted by Crippen LogP contribution is 2.17. The van der Waals surface area contributed by atoms with Crippen molar-refractivity contribution >= 4 is 11.7 Å². The molecule has 84 valence electrons. The van der Waals surface area contributed by atoms with E-state index in [1.54, 1.807) is 6.20 Å². The molecule has 2 aromatic rings. The lowest BCUT2D eigenvalue weighted by molar-refractivity contribution is 0.704. The third kappa shape index (κ3) is 2.46. The molecule has 4 heteroatoms. The van der Waals surface area contributed by atoms with Crippen LogP contribution in [0.3, 0.4) is 0 Å². The van der Waals surface area contributed by atoms with Crippen molar-refractivity contribution in [2.45, 2.75) is 26.3 Å². The number of aromatic nitrogens is 2. The lowest BCUT2D eigenvalue weighted by Crippen LogP contribution is -2.13. The third-order valence-corrected chi connectivity index (χ3v) is 3.28. The monoisotopic (exact) mass is 233 g/mol. The summed E-state index contributed by atoms with van der Waals surface area (Å²) >= 11 is 1.20. The number of rotatable bonds is 3. The van der Waals surface area contributed by atoms with Crippen LogP contribution in [0, 0.1) is 13.8 Å². The second-order valence-electron chi connectivity index (χ2n) is 4.06. The van der Waals surface area contributed by atoms with Crippen LogP contribution in [0.25, 0.3) is 0 Å². The zero-order chi connectivity index (χ0) is 11.5. The van der Waals surface area contributed by atoms with Crippen molar-refractivity contribution in [3.05, 3.63) is 46.8 Å². The van der Waals surface area contributed by atoms with Crippen LogP contribution >= 0.6 is 11.7 Å². The van der Waals surface area contributed by atoms with Crippen molar-refractivity contribution in [3.8, 4) is 0 Å². The van der Waals surface area contributed by atoms with Gasteiger partial charge in [0.05, 0.1) is 29.7 Å². The van der Waals surface area contributed by atoms with Gasteiger partial charge in [0.2, 0.25) is 0 Å². The van der Waals surface area contributed by atoms with Crippen LogP contribution in [0.2, 0.25) is 0 Å². The first-order valence-corrected chi connectivity index (χ1v) is 5.99. The molecule has 2 rings (SSSR count). The van der Waals surface area contributed by atoms with Crippen LogP contribution in [-0.4, -0.2) is 8.75 Å². The summed E-state index contributed by atoms with van der Waals surface area (Å²) in [5.41, 5.74) is 10.8. The molecule has 0 radical (unpaired) electrons. The maximum absolute atomic E-state index is 6.06. The predicted octanol–water partition coefficient (Wildman–Crippen LogP) is 2.40. The van der Waals surface area contributed by atoms with Gasteiger partial charge < -0.3 is 5.73 Å². The van der Waals surface area contributed by atoms with Crippen molar-refractivity contribution in [2.75, 3.05) is 0 Å². The first kappa shape index (κ1) is 11.2. The van der Waals surface area contributed by atoms with Gasteiger partial charge in [0, 0.05) is 0 Å². The molecule has 0 saturated carbocycles. The molecular weight excluding hydrogens is 218 g/mol. The summed E-state index contributed by atoms with van der Waals surface area (Å²) in [6.45, 7) is 4.23. The highest BCUT2D eigenvalue weighted by atomic mass is 32.1. The van der Waals surface area contributed by atoms with Crippen LogP contribution in [0.5, 0.6) is 0 Å². The minimum atomic E-state index is -0.0548. The molecule has 0 spiro atoms. The van der Waals surface area contributed by atoms with E-state index in [1.165, 1.54) is 28.4 Å². The Hall–Kier alpha value is -1.26. The third-order valence-electron chi connectivity index (χ3n) is 2.79. The van der Waals surface area contributed by atoms with Crippen molar-refractivity contribution < 1.29 is 0 Å². The van der Waals surface area contributed by atoms with Gasteiger partial charge in [-0.15, -0.1) is 0 Å². The molecule has 1 atom stereocenters. The summed E-state index contributed by atoms with van der Waals surface area (Å²) in [7, 11) is 0. The highest BCUT2D eigenvalue weighted by Gasteiger charge is 2.10. The fraction of sp³-hybridized carbons (Fsp3) is 0.333. The molecule has 0 aliphatic rings. The van der Waals surface area contributed by atoms with E-state index in [2.05, 4.69) is 40.8 Å². The van der Waals surface area contributed by atoms with Gasteiger partial charge >= 0.3 is 0 Å². The molecule has 0 bridgehead atoms. The Morgan fingerprint density at radius 2 is 2.12 bits per heavy atom. The van der Waals surface area contributed by atoms with Crippen LogP contribution in [0.1, 0.15) is 28.4 Å².